The molecule has 0 atom stereocenters. The van der Waals surface area contributed by atoms with Crippen LogP contribution in [0, 0.1) is 0 Å². The number of aromatic nitrogens is 2. The highest BCUT2D eigenvalue weighted by Crippen LogP contribution is 2.28. The van der Waals surface area contributed by atoms with Crippen molar-refractivity contribution in [1.29, 1.82) is 0 Å². The van der Waals surface area contributed by atoms with Crippen LogP contribution in [0.15, 0.2) is 91.1 Å². The molecular formula is C27H24ClN3O3. The van der Waals surface area contributed by atoms with Crippen LogP contribution in [0.5, 0.6) is 0 Å². The average molecular weight is 474 g/mol. The Morgan fingerprint density at radius 1 is 0.882 bits per heavy atom. The van der Waals surface area contributed by atoms with E-state index in [0.29, 0.717) is 11.6 Å². The first kappa shape index (κ1) is 23.3. The van der Waals surface area contributed by atoms with Gasteiger partial charge in [0.2, 0.25) is 5.91 Å². The highest BCUT2D eigenvalue weighted by molar-refractivity contribution is 6.30. The molecule has 0 bridgehead atoms. The van der Waals surface area contributed by atoms with E-state index in [1.165, 1.54) is 0 Å². The fourth-order valence-corrected chi connectivity index (χ4v) is 3.92. The molecule has 0 unspecified atom stereocenters. The number of carbonyl (C=O) groups is 2. The van der Waals surface area contributed by atoms with Gasteiger partial charge in [-0.05, 0) is 29.8 Å². The van der Waals surface area contributed by atoms with E-state index in [2.05, 4.69) is 0 Å². The van der Waals surface area contributed by atoms with Crippen LogP contribution in [-0.4, -0.2) is 31.7 Å². The predicted molar refractivity (Wildman–Crippen MR) is 132 cm³/mol. The van der Waals surface area contributed by atoms with Crippen molar-refractivity contribution in [2.75, 3.05) is 0 Å². The van der Waals surface area contributed by atoms with Crippen molar-refractivity contribution in [3.05, 3.63) is 107 Å². The van der Waals surface area contributed by atoms with Gasteiger partial charge in [0.1, 0.15) is 0 Å². The molecule has 0 aliphatic heterocycles. The lowest BCUT2D eigenvalue weighted by molar-refractivity contribution is -0.141. The second-order valence-electron chi connectivity index (χ2n) is 7.92. The maximum atomic E-state index is 13.0. The molecule has 1 aromatic heterocycles. The minimum atomic E-state index is -0.996. The summed E-state index contributed by atoms with van der Waals surface area (Å²) in [4.78, 5) is 25.8. The number of aliphatic carboxylic acids is 1. The number of carboxylic acid groups (broad SMARTS) is 1. The van der Waals surface area contributed by atoms with Crippen molar-refractivity contribution >= 4 is 23.5 Å². The second-order valence-corrected chi connectivity index (χ2v) is 8.36. The lowest BCUT2D eigenvalue weighted by Crippen LogP contribution is -2.30. The van der Waals surface area contributed by atoms with Crippen LogP contribution in [0.3, 0.4) is 0 Å². The number of para-hydroxylation sites is 1. The van der Waals surface area contributed by atoms with Crippen LogP contribution in [0.2, 0.25) is 5.02 Å². The normalized spacial score (nSPS) is 10.7. The van der Waals surface area contributed by atoms with E-state index in [1.54, 1.807) is 15.6 Å². The number of nitrogens with zero attached hydrogens (tertiary/aromatic N) is 3. The third kappa shape index (κ3) is 5.91. The maximum absolute atomic E-state index is 13.0. The molecule has 0 fully saturated rings. The number of halogens is 1. The molecule has 172 valence electrons. The summed E-state index contributed by atoms with van der Waals surface area (Å²) < 4.78 is 1.79. The number of hydrogen-bond acceptors (Lipinski definition) is 3. The Morgan fingerprint density at radius 2 is 1.59 bits per heavy atom. The van der Waals surface area contributed by atoms with Crippen molar-refractivity contribution in [1.82, 2.24) is 14.7 Å². The number of benzene rings is 3. The third-order valence-corrected chi connectivity index (χ3v) is 5.63. The SMILES string of the molecule is O=C(O)CCC(=O)N(Cc1ccccc1)Cc1cn(-c2ccccc2)nc1-c1cccc(Cl)c1. The molecular weight excluding hydrogens is 450 g/mol. The summed E-state index contributed by atoms with van der Waals surface area (Å²) in [5, 5.41) is 14.5. The summed E-state index contributed by atoms with van der Waals surface area (Å²) in [6.07, 6.45) is 1.63. The molecule has 34 heavy (non-hydrogen) atoms. The molecule has 0 spiro atoms. The maximum Gasteiger partial charge on any atom is 0.303 e. The Bertz CT molecular complexity index is 1270. The standard InChI is InChI=1S/C27H24ClN3O3/c28-23-11-7-10-21(16-23)27-22(19-31(29-27)24-12-5-2-6-13-24)18-30(25(32)14-15-26(33)34)17-20-8-3-1-4-9-20/h1-13,16,19H,14-15,17-18H2,(H,33,34). The molecule has 0 saturated carbocycles. The summed E-state index contributed by atoms with van der Waals surface area (Å²) in [5.74, 6) is -1.22. The summed E-state index contributed by atoms with van der Waals surface area (Å²) in [6.45, 7) is 0.646. The first-order valence-corrected chi connectivity index (χ1v) is 11.3. The Balaban J connectivity index is 1.72. The fraction of sp³-hybridized carbons (Fsp3) is 0.148. The Kier molecular flexibility index (Phi) is 7.40. The van der Waals surface area contributed by atoms with Crippen LogP contribution < -0.4 is 0 Å². The zero-order valence-corrected chi connectivity index (χ0v) is 19.2. The van der Waals surface area contributed by atoms with Crippen LogP contribution in [0.4, 0.5) is 0 Å². The zero-order chi connectivity index (χ0) is 23.9. The summed E-state index contributed by atoms with van der Waals surface area (Å²) in [7, 11) is 0. The molecule has 7 heteroatoms. The molecule has 1 amide bonds. The molecule has 0 aliphatic carbocycles. The molecule has 3 aromatic carbocycles. The minimum absolute atomic E-state index is 0.0680. The molecule has 1 N–H and O–H groups in total. The molecule has 0 aliphatic rings. The van der Waals surface area contributed by atoms with E-state index in [1.807, 2.05) is 85.1 Å². The van der Waals surface area contributed by atoms with Crippen molar-refractivity contribution < 1.29 is 14.7 Å². The van der Waals surface area contributed by atoms with Gasteiger partial charge in [-0.25, -0.2) is 4.68 Å². The first-order chi connectivity index (χ1) is 16.5. The smallest absolute Gasteiger partial charge is 0.303 e. The van der Waals surface area contributed by atoms with Gasteiger partial charge in [0.15, 0.2) is 0 Å². The predicted octanol–water partition coefficient (Wildman–Crippen LogP) is 5.59. The lowest BCUT2D eigenvalue weighted by atomic mass is 10.1. The van der Waals surface area contributed by atoms with Gasteiger partial charge >= 0.3 is 5.97 Å². The molecule has 1 heterocycles. The summed E-state index contributed by atoms with van der Waals surface area (Å²) >= 11 is 6.25. The number of rotatable bonds is 9. The van der Waals surface area contributed by atoms with Gasteiger partial charge in [0.05, 0.1) is 17.8 Å². The highest BCUT2D eigenvalue weighted by atomic mass is 35.5. The number of carboxylic acids is 1. The van der Waals surface area contributed by atoms with Gasteiger partial charge < -0.3 is 10.0 Å². The lowest BCUT2D eigenvalue weighted by Gasteiger charge is -2.23. The van der Waals surface area contributed by atoms with Gasteiger partial charge in [-0.3, -0.25) is 9.59 Å². The van der Waals surface area contributed by atoms with Gasteiger partial charge in [0, 0.05) is 41.9 Å². The van der Waals surface area contributed by atoms with Crippen LogP contribution in [0.25, 0.3) is 16.9 Å². The van der Waals surface area contributed by atoms with Crippen LogP contribution in [0.1, 0.15) is 24.0 Å². The third-order valence-electron chi connectivity index (χ3n) is 5.39. The Labute approximate surface area is 203 Å². The van der Waals surface area contributed by atoms with E-state index < -0.39 is 5.97 Å². The quantitative estimate of drug-likeness (QED) is 0.344. The summed E-state index contributed by atoms with van der Waals surface area (Å²) in [6, 6.07) is 26.8. The second kappa shape index (κ2) is 10.8. The molecule has 6 nitrogen and oxygen atoms in total. The molecule has 0 radical (unpaired) electrons. The topological polar surface area (TPSA) is 75.4 Å². The van der Waals surface area contributed by atoms with Gasteiger partial charge in [-0.15, -0.1) is 0 Å². The van der Waals surface area contributed by atoms with Crippen molar-refractivity contribution in [2.24, 2.45) is 0 Å². The fourth-order valence-electron chi connectivity index (χ4n) is 3.73. The summed E-state index contributed by atoms with van der Waals surface area (Å²) in [5.41, 5.74) is 4.26. The minimum Gasteiger partial charge on any atom is -0.481 e. The van der Waals surface area contributed by atoms with E-state index in [9.17, 15) is 9.59 Å². The van der Waals surface area contributed by atoms with Crippen LogP contribution in [-0.2, 0) is 22.7 Å². The molecule has 4 aromatic rings. The largest absolute Gasteiger partial charge is 0.481 e. The Hall–Kier alpha value is -3.90. The van der Waals surface area contributed by atoms with Gasteiger partial charge in [0.25, 0.3) is 0 Å². The van der Waals surface area contributed by atoms with E-state index in [0.717, 1.165) is 28.1 Å². The molecule has 0 saturated heterocycles. The zero-order valence-electron chi connectivity index (χ0n) is 18.5. The van der Waals surface area contributed by atoms with E-state index >= 15 is 0 Å². The highest BCUT2D eigenvalue weighted by Gasteiger charge is 2.20. The van der Waals surface area contributed by atoms with Crippen LogP contribution >= 0.6 is 11.6 Å². The van der Waals surface area contributed by atoms with E-state index in [4.69, 9.17) is 21.8 Å². The van der Waals surface area contributed by atoms with Gasteiger partial charge in [-0.1, -0.05) is 72.3 Å². The Morgan fingerprint density at radius 3 is 2.26 bits per heavy atom. The van der Waals surface area contributed by atoms with Gasteiger partial charge in [-0.2, -0.15) is 5.10 Å². The van der Waals surface area contributed by atoms with Crippen molar-refractivity contribution in [3.63, 3.8) is 0 Å². The number of carbonyl (C=O) groups excluding carboxylic acids is 1. The van der Waals surface area contributed by atoms with Crippen molar-refractivity contribution in [3.8, 4) is 16.9 Å². The number of hydrogen-bond donors (Lipinski definition) is 1. The number of amides is 1. The monoisotopic (exact) mass is 473 g/mol. The van der Waals surface area contributed by atoms with E-state index in [-0.39, 0.29) is 25.3 Å². The average Bonchev–Trinajstić information content (AvgIpc) is 3.27. The molecule has 4 rings (SSSR count). The first-order valence-electron chi connectivity index (χ1n) is 10.9. The van der Waals surface area contributed by atoms with Crippen molar-refractivity contribution in [2.45, 2.75) is 25.9 Å².